The lowest BCUT2D eigenvalue weighted by atomic mass is 10.2. The standard InChI is InChI=1S/C23H23ClN2O2/c24-20-8-6-18(7-9-20)16-26-23(27)14-15-25-21-10-12-22(13-11-21)28-17-19-4-2-1-3-5-19/h1-13,25H,14-17H2,(H,26,27). The minimum atomic E-state index is 0.00487. The number of anilines is 1. The lowest BCUT2D eigenvalue weighted by Gasteiger charge is -2.10. The van der Waals surface area contributed by atoms with E-state index < -0.39 is 0 Å². The van der Waals surface area contributed by atoms with Crippen molar-refractivity contribution in [3.05, 3.63) is 95.0 Å². The van der Waals surface area contributed by atoms with Gasteiger partial charge in [0.2, 0.25) is 5.91 Å². The number of carbonyl (C=O) groups is 1. The van der Waals surface area contributed by atoms with Gasteiger partial charge < -0.3 is 15.4 Å². The van der Waals surface area contributed by atoms with E-state index in [1.807, 2.05) is 78.9 Å². The molecule has 0 bridgehead atoms. The molecule has 0 aromatic heterocycles. The second-order valence-electron chi connectivity index (χ2n) is 6.38. The Bertz CT molecular complexity index is 865. The molecule has 0 aliphatic rings. The Labute approximate surface area is 170 Å². The van der Waals surface area contributed by atoms with Gasteiger partial charge in [0, 0.05) is 30.2 Å². The number of hydrogen-bond donors (Lipinski definition) is 2. The quantitative estimate of drug-likeness (QED) is 0.534. The van der Waals surface area contributed by atoms with Gasteiger partial charge in [0.1, 0.15) is 12.4 Å². The van der Waals surface area contributed by atoms with Crippen LogP contribution in [-0.4, -0.2) is 12.5 Å². The second kappa shape index (κ2) is 10.4. The number of carbonyl (C=O) groups excluding carboxylic acids is 1. The van der Waals surface area contributed by atoms with E-state index in [9.17, 15) is 4.79 Å². The molecule has 5 heteroatoms. The summed E-state index contributed by atoms with van der Waals surface area (Å²) in [6.07, 6.45) is 0.403. The van der Waals surface area contributed by atoms with E-state index in [1.165, 1.54) is 0 Å². The maximum absolute atomic E-state index is 12.0. The van der Waals surface area contributed by atoms with Gasteiger partial charge >= 0.3 is 0 Å². The van der Waals surface area contributed by atoms with Gasteiger partial charge in [0.15, 0.2) is 0 Å². The van der Waals surface area contributed by atoms with Crippen LogP contribution in [0.5, 0.6) is 5.75 Å². The van der Waals surface area contributed by atoms with Gasteiger partial charge in [-0.1, -0.05) is 54.1 Å². The van der Waals surface area contributed by atoms with E-state index in [4.69, 9.17) is 16.3 Å². The Morgan fingerprint density at radius 2 is 1.57 bits per heavy atom. The van der Waals surface area contributed by atoms with Gasteiger partial charge in [0.05, 0.1) is 0 Å². The highest BCUT2D eigenvalue weighted by Crippen LogP contribution is 2.17. The maximum atomic E-state index is 12.0. The molecule has 3 rings (SSSR count). The van der Waals surface area contributed by atoms with Crippen molar-refractivity contribution in [2.45, 2.75) is 19.6 Å². The van der Waals surface area contributed by atoms with E-state index in [1.54, 1.807) is 0 Å². The summed E-state index contributed by atoms with van der Waals surface area (Å²) in [5.74, 6) is 0.820. The van der Waals surface area contributed by atoms with Crippen LogP contribution in [0.3, 0.4) is 0 Å². The molecule has 144 valence electrons. The zero-order valence-corrected chi connectivity index (χ0v) is 16.3. The van der Waals surface area contributed by atoms with Crippen LogP contribution < -0.4 is 15.4 Å². The molecule has 2 N–H and O–H groups in total. The van der Waals surface area contributed by atoms with Gasteiger partial charge in [-0.05, 0) is 47.5 Å². The van der Waals surface area contributed by atoms with Crippen LogP contribution in [0.15, 0.2) is 78.9 Å². The van der Waals surface area contributed by atoms with E-state index in [2.05, 4.69) is 10.6 Å². The predicted octanol–water partition coefficient (Wildman–Crippen LogP) is 5.04. The van der Waals surface area contributed by atoms with Crippen LogP contribution in [-0.2, 0) is 17.9 Å². The van der Waals surface area contributed by atoms with Gasteiger partial charge in [0.25, 0.3) is 0 Å². The molecule has 3 aromatic rings. The third-order valence-corrected chi connectivity index (χ3v) is 4.44. The predicted molar refractivity (Wildman–Crippen MR) is 114 cm³/mol. The first kappa shape index (κ1) is 19.8. The van der Waals surface area contributed by atoms with Crippen LogP contribution in [0.1, 0.15) is 17.5 Å². The van der Waals surface area contributed by atoms with Crippen molar-refractivity contribution in [2.24, 2.45) is 0 Å². The fourth-order valence-electron chi connectivity index (χ4n) is 2.62. The molecule has 0 unspecified atom stereocenters. The van der Waals surface area contributed by atoms with Crippen LogP contribution in [0, 0.1) is 0 Å². The molecular formula is C23H23ClN2O2. The average molecular weight is 395 g/mol. The second-order valence-corrected chi connectivity index (χ2v) is 6.82. The minimum Gasteiger partial charge on any atom is -0.489 e. The first-order chi connectivity index (χ1) is 13.7. The molecule has 0 aliphatic carbocycles. The smallest absolute Gasteiger partial charge is 0.222 e. The van der Waals surface area contributed by atoms with Crippen molar-refractivity contribution in [3.63, 3.8) is 0 Å². The molecule has 0 atom stereocenters. The summed E-state index contributed by atoms with van der Waals surface area (Å²) in [5, 5.41) is 6.84. The van der Waals surface area contributed by atoms with Crippen molar-refractivity contribution in [1.82, 2.24) is 5.32 Å². The van der Waals surface area contributed by atoms with Crippen LogP contribution >= 0.6 is 11.6 Å². The molecule has 4 nitrogen and oxygen atoms in total. The number of nitrogens with one attached hydrogen (secondary N) is 2. The Morgan fingerprint density at radius 1 is 0.857 bits per heavy atom. The highest BCUT2D eigenvalue weighted by Gasteiger charge is 2.02. The zero-order chi connectivity index (χ0) is 19.6. The Morgan fingerprint density at radius 3 is 2.29 bits per heavy atom. The van der Waals surface area contributed by atoms with Crippen molar-refractivity contribution in [1.29, 1.82) is 0 Å². The largest absolute Gasteiger partial charge is 0.489 e. The summed E-state index contributed by atoms with van der Waals surface area (Å²) in [6, 6.07) is 25.2. The van der Waals surface area contributed by atoms with Gasteiger partial charge in [-0.25, -0.2) is 0 Å². The fraction of sp³-hybridized carbons (Fsp3) is 0.174. The average Bonchev–Trinajstić information content (AvgIpc) is 2.73. The van der Waals surface area contributed by atoms with E-state index >= 15 is 0 Å². The highest BCUT2D eigenvalue weighted by molar-refractivity contribution is 6.30. The summed E-state index contributed by atoms with van der Waals surface area (Å²) < 4.78 is 5.77. The number of amides is 1. The van der Waals surface area contributed by atoms with E-state index in [-0.39, 0.29) is 5.91 Å². The van der Waals surface area contributed by atoms with Crippen molar-refractivity contribution >= 4 is 23.2 Å². The summed E-state index contributed by atoms with van der Waals surface area (Å²) in [5.41, 5.74) is 3.11. The minimum absolute atomic E-state index is 0.00487. The monoisotopic (exact) mass is 394 g/mol. The lowest BCUT2D eigenvalue weighted by molar-refractivity contribution is -0.121. The number of halogens is 1. The molecule has 0 aliphatic heterocycles. The normalized spacial score (nSPS) is 10.3. The number of benzene rings is 3. The van der Waals surface area contributed by atoms with Crippen LogP contribution in [0.2, 0.25) is 5.02 Å². The third-order valence-electron chi connectivity index (χ3n) is 4.19. The van der Waals surface area contributed by atoms with Crippen LogP contribution in [0.25, 0.3) is 0 Å². The molecule has 1 amide bonds. The zero-order valence-electron chi connectivity index (χ0n) is 15.5. The molecule has 28 heavy (non-hydrogen) atoms. The molecule has 0 heterocycles. The summed E-state index contributed by atoms with van der Waals surface area (Å²) in [7, 11) is 0. The SMILES string of the molecule is O=C(CCNc1ccc(OCc2ccccc2)cc1)NCc1ccc(Cl)cc1. The van der Waals surface area contributed by atoms with E-state index in [0.29, 0.717) is 31.1 Å². The summed E-state index contributed by atoms with van der Waals surface area (Å²) in [4.78, 5) is 12.0. The summed E-state index contributed by atoms with van der Waals surface area (Å²) >= 11 is 5.85. The Balaban J connectivity index is 1.35. The lowest BCUT2D eigenvalue weighted by Crippen LogP contribution is -2.24. The molecular weight excluding hydrogens is 372 g/mol. The Kier molecular flexibility index (Phi) is 7.33. The third kappa shape index (κ3) is 6.63. The molecule has 0 saturated carbocycles. The molecule has 0 spiro atoms. The molecule has 0 fully saturated rings. The maximum Gasteiger partial charge on any atom is 0.222 e. The number of hydrogen-bond acceptors (Lipinski definition) is 3. The highest BCUT2D eigenvalue weighted by atomic mass is 35.5. The first-order valence-electron chi connectivity index (χ1n) is 9.21. The van der Waals surface area contributed by atoms with Crippen LogP contribution in [0.4, 0.5) is 5.69 Å². The molecule has 0 radical (unpaired) electrons. The van der Waals surface area contributed by atoms with Crippen molar-refractivity contribution in [2.75, 3.05) is 11.9 Å². The molecule has 3 aromatic carbocycles. The van der Waals surface area contributed by atoms with Gasteiger partial charge in [-0.3, -0.25) is 4.79 Å². The van der Waals surface area contributed by atoms with E-state index in [0.717, 1.165) is 22.6 Å². The number of rotatable bonds is 9. The van der Waals surface area contributed by atoms with Gasteiger partial charge in [-0.15, -0.1) is 0 Å². The van der Waals surface area contributed by atoms with Gasteiger partial charge in [-0.2, -0.15) is 0 Å². The van der Waals surface area contributed by atoms with Crippen molar-refractivity contribution < 1.29 is 9.53 Å². The topological polar surface area (TPSA) is 50.4 Å². The first-order valence-corrected chi connectivity index (χ1v) is 9.59. The Hall–Kier alpha value is -2.98. The fourth-order valence-corrected chi connectivity index (χ4v) is 2.75. The number of ether oxygens (including phenoxy) is 1. The van der Waals surface area contributed by atoms with Crippen molar-refractivity contribution in [3.8, 4) is 5.75 Å². The molecule has 0 saturated heterocycles. The summed E-state index contributed by atoms with van der Waals surface area (Å²) in [6.45, 7) is 1.61.